The van der Waals surface area contributed by atoms with E-state index in [1.807, 2.05) is 0 Å². The lowest BCUT2D eigenvalue weighted by molar-refractivity contribution is 0.356. The van der Waals surface area contributed by atoms with E-state index in [4.69, 9.17) is 20.6 Å². The van der Waals surface area contributed by atoms with Crippen LogP contribution in [0.15, 0.2) is 28.5 Å². The van der Waals surface area contributed by atoms with E-state index in [9.17, 15) is 8.42 Å². The number of hydrogen-bond donors (Lipinski definition) is 2. The Morgan fingerprint density at radius 2 is 2.15 bits per heavy atom. The van der Waals surface area contributed by atoms with Crippen molar-refractivity contribution in [3.63, 3.8) is 0 Å². The summed E-state index contributed by atoms with van der Waals surface area (Å²) >= 11 is 3.91. The van der Waals surface area contributed by atoms with Crippen LogP contribution in [0.1, 0.15) is 24.8 Å². The molecule has 0 spiro atoms. The number of nitrogens with two attached hydrogens (primary N) is 2. The zero-order valence-electron chi connectivity index (χ0n) is 17.8. The molecule has 13 heteroatoms. The van der Waals surface area contributed by atoms with Crippen molar-refractivity contribution in [3.05, 3.63) is 27.6 Å². The molecule has 1 atom stereocenters. The summed E-state index contributed by atoms with van der Waals surface area (Å²) in [4.78, 5) is 14.4. The molecule has 0 saturated carbocycles. The van der Waals surface area contributed by atoms with E-state index < -0.39 is 10.2 Å². The molecule has 2 aliphatic heterocycles. The second-order valence-electron chi connectivity index (χ2n) is 8.27. The summed E-state index contributed by atoms with van der Waals surface area (Å²) in [5, 5.41) is 6.07. The van der Waals surface area contributed by atoms with E-state index in [2.05, 4.69) is 49.3 Å². The number of halogens is 1. The highest BCUT2D eigenvalue weighted by molar-refractivity contribution is 14.1. The first-order chi connectivity index (χ1) is 15.8. The number of benzene rings is 1. The van der Waals surface area contributed by atoms with Gasteiger partial charge in [0.15, 0.2) is 22.1 Å². The van der Waals surface area contributed by atoms with Crippen LogP contribution in [0.25, 0.3) is 11.2 Å². The zero-order valence-corrected chi connectivity index (χ0v) is 21.6. The van der Waals surface area contributed by atoms with Crippen molar-refractivity contribution in [2.75, 3.05) is 25.4 Å². The minimum Gasteiger partial charge on any atom is -0.493 e. The molecular weight excluding hydrogens is 577 g/mol. The van der Waals surface area contributed by atoms with Gasteiger partial charge in [0.25, 0.3) is 10.2 Å². The Bertz CT molecular complexity index is 1310. The van der Waals surface area contributed by atoms with Gasteiger partial charge < -0.3 is 15.0 Å². The highest BCUT2D eigenvalue weighted by Gasteiger charge is 2.29. The fourth-order valence-corrected chi connectivity index (χ4v) is 6.95. The summed E-state index contributed by atoms with van der Waals surface area (Å²) in [5.41, 5.74) is 8.62. The Kier molecular flexibility index (Phi) is 6.41. The lowest BCUT2D eigenvalue weighted by atomic mass is 10.0. The molecule has 1 aromatic carbocycles. The molecule has 33 heavy (non-hydrogen) atoms. The van der Waals surface area contributed by atoms with E-state index in [1.54, 1.807) is 11.8 Å². The van der Waals surface area contributed by atoms with Gasteiger partial charge in [-0.1, -0.05) is 11.8 Å². The third kappa shape index (κ3) is 4.78. The number of nitrogen functional groups attached to an aromatic ring is 1. The molecule has 0 bridgehead atoms. The summed E-state index contributed by atoms with van der Waals surface area (Å²) in [5.74, 6) is 1.58. The number of aromatic nitrogens is 4. The van der Waals surface area contributed by atoms with Gasteiger partial charge in [-0.3, -0.25) is 0 Å². The van der Waals surface area contributed by atoms with Crippen LogP contribution in [-0.2, 0) is 23.2 Å². The lowest BCUT2D eigenvalue weighted by Gasteiger charge is -2.14. The molecule has 4 N–H and O–H groups in total. The third-order valence-electron chi connectivity index (χ3n) is 6.07. The van der Waals surface area contributed by atoms with E-state index in [-0.39, 0.29) is 0 Å². The Morgan fingerprint density at radius 1 is 1.30 bits per heavy atom. The van der Waals surface area contributed by atoms with Crippen molar-refractivity contribution in [3.8, 4) is 5.75 Å². The summed E-state index contributed by atoms with van der Waals surface area (Å²) in [6.45, 7) is 2.38. The van der Waals surface area contributed by atoms with Crippen LogP contribution in [0, 0.1) is 9.49 Å². The number of aryl methyl sites for hydroxylation is 1. The number of nitrogens with zero attached hydrogens (tertiary/aromatic N) is 5. The number of hydrogen-bond acceptors (Lipinski definition) is 8. The number of imidazole rings is 1. The fourth-order valence-electron chi connectivity index (χ4n) is 4.37. The second-order valence-corrected chi connectivity index (χ2v) is 12.0. The predicted octanol–water partition coefficient (Wildman–Crippen LogP) is 2.40. The monoisotopic (exact) mass is 601 g/mol. The fraction of sp³-hybridized carbons (Fsp3) is 0.450. The molecule has 176 valence electrons. The first-order valence-electron chi connectivity index (χ1n) is 10.7. The summed E-state index contributed by atoms with van der Waals surface area (Å²) in [6.07, 6.45) is 4.96. The average Bonchev–Trinajstić information content (AvgIpc) is 3.48. The van der Waals surface area contributed by atoms with Gasteiger partial charge in [0.1, 0.15) is 12.1 Å². The first kappa shape index (κ1) is 23.1. The molecule has 2 aromatic heterocycles. The van der Waals surface area contributed by atoms with Gasteiger partial charge in [0.2, 0.25) is 0 Å². The first-order valence-corrected chi connectivity index (χ1v) is 14.1. The van der Waals surface area contributed by atoms with E-state index in [0.29, 0.717) is 49.1 Å². The molecule has 5 rings (SSSR count). The molecule has 1 unspecified atom stereocenters. The average molecular weight is 601 g/mol. The van der Waals surface area contributed by atoms with Gasteiger partial charge in [0.05, 0.1) is 6.61 Å². The molecule has 0 radical (unpaired) electrons. The number of anilines is 1. The summed E-state index contributed by atoms with van der Waals surface area (Å²) in [6, 6.07) is 4.25. The normalized spacial score (nSPS) is 18.7. The largest absolute Gasteiger partial charge is 0.493 e. The van der Waals surface area contributed by atoms with E-state index >= 15 is 0 Å². The standard InChI is InChI=1S/C20H24IN7O3S2/c21-14-8-13-4-7-31-15(13)9-16(14)32-20-26-17-18(22)24-11-25-19(17)28(20)5-1-2-12-3-6-27(10-12)33(23,29)30/h8-9,11-12H,1-7,10H2,(H2,22,24,25)(H2,23,29,30). The molecule has 3 aromatic rings. The highest BCUT2D eigenvalue weighted by atomic mass is 127. The van der Waals surface area contributed by atoms with E-state index in [0.717, 1.165) is 45.1 Å². The van der Waals surface area contributed by atoms with Crippen molar-refractivity contribution >= 4 is 61.5 Å². The minimum atomic E-state index is -3.61. The number of rotatable bonds is 7. The summed E-state index contributed by atoms with van der Waals surface area (Å²) in [7, 11) is -3.61. The van der Waals surface area contributed by atoms with Gasteiger partial charge >= 0.3 is 0 Å². The topological polar surface area (TPSA) is 142 Å². The van der Waals surface area contributed by atoms with Gasteiger partial charge in [-0.15, -0.1) is 0 Å². The molecular formula is C20H24IN7O3S2. The van der Waals surface area contributed by atoms with Gasteiger partial charge in [-0.05, 0) is 65.5 Å². The summed E-state index contributed by atoms with van der Waals surface area (Å²) < 4.78 is 33.5. The van der Waals surface area contributed by atoms with Crippen molar-refractivity contribution in [2.24, 2.45) is 11.1 Å². The van der Waals surface area contributed by atoms with Gasteiger partial charge in [-0.25, -0.2) is 20.1 Å². The molecule has 1 fully saturated rings. The van der Waals surface area contributed by atoms with Crippen molar-refractivity contribution < 1.29 is 13.2 Å². The Balaban J connectivity index is 1.37. The molecule has 0 aliphatic carbocycles. The maximum Gasteiger partial charge on any atom is 0.276 e. The van der Waals surface area contributed by atoms with Crippen molar-refractivity contribution in [1.29, 1.82) is 0 Å². The molecule has 2 aliphatic rings. The number of ether oxygens (including phenoxy) is 1. The van der Waals surface area contributed by atoms with Crippen LogP contribution < -0.4 is 15.6 Å². The number of fused-ring (bicyclic) bond motifs is 2. The van der Waals surface area contributed by atoms with E-state index in [1.165, 1.54) is 16.2 Å². The molecule has 10 nitrogen and oxygen atoms in total. The smallest absolute Gasteiger partial charge is 0.276 e. The SMILES string of the molecule is Nc1ncnc2c1nc(Sc1cc3c(cc1I)CCO3)n2CCCC1CCN(S(N)(=O)=O)C1. The molecule has 4 heterocycles. The maximum absolute atomic E-state index is 11.6. The second kappa shape index (κ2) is 9.17. The zero-order chi connectivity index (χ0) is 23.2. The minimum absolute atomic E-state index is 0.295. The van der Waals surface area contributed by atoms with Crippen LogP contribution in [-0.4, -0.2) is 51.9 Å². The predicted molar refractivity (Wildman–Crippen MR) is 134 cm³/mol. The maximum atomic E-state index is 11.6. The Hall–Kier alpha value is -1.68. The van der Waals surface area contributed by atoms with Crippen LogP contribution in [0.4, 0.5) is 5.82 Å². The van der Waals surface area contributed by atoms with Gasteiger partial charge in [-0.2, -0.15) is 12.7 Å². The highest BCUT2D eigenvalue weighted by Crippen LogP contribution is 2.39. The third-order valence-corrected chi connectivity index (χ3v) is 9.43. The van der Waals surface area contributed by atoms with Gasteiger partial charge in [0, 0.05) is 34.5 Å². The van der Waals surface area contributed by atoms with Crippen LogP contribution in [0.2, 0.25) is 0 Å². The molecule has 1 saturated heterocycles. The van der Waals surface area contributed by atoms with Crippen molar-refractivity contribution in [1.82, 2.24) is 23.8 Å². The van der Waals surface area contributed by atoms with Crippen LogP contribution in [0.3, 0.4) is 0 Å². The Labute approximate surface area is 209 Å². The molecule has 0 amide bonds. The Morgan fingerprint density at radius 3 is 2.94 bits per heavy atom. The van der Waals surface area contributed by atoms with Crippen LogP contribution >= 0.6 is 34.4 Å². The lowest BCUT2D eigenvalue weighted by Crippen LogP contribution is -2.34. The quantitative estimate of drug-likeness (QED) is 0.394. The van der Waals surface area contributed by atoms with Crippen molar-refractivity contribution in [2.45, 2.75) is 42.3 Å². The van der Waals surface area contributed by atoms with Crippen LogP contribution in [0.5, 0.6) is 5.75 Å².